The topological polar surface area (TPSA) is 94.1 Å². The van der Waals surface area contributed by atoms with Crippen LogP contribution in [0.4, 0.5) is 0 Å². The Morgan fingerprint density at radius 2 is 1.38 bits per heavy atom. The summed E-state index contributed by atoms with van der Waals surface area (Å²) >= 11 is 0. The zero-order chi connectivity index (χ0) is 26.1. The van der Waals surface area contributed by atoms with Crippen LogP contribution < -0.4 is 19.1 Å². The Morgan fingerprint density at radius 1 is 0.838 bits per heavy atom. The number of rotatable bonds is 12. The van der Waals surface area contributed by atoms with E-state index < -0.39 is 19.6 Å². The van der Waals surface area contributed by atoms with Gasteiger partial charge in [-0.2, -0.15) is 0 Å². The molecule has 4 aromatic carbocycles. The molecule has 0 saturated carbocycles. The van der Waals surface area contributed by atoms with Gasteiger partial charge in [-0.25, -0.2) is 4.57 Å². The number of hydrogen-bond donors (Lipinski definition) is 2. The fraction of sp³-hybridized carbons (Fsp3) is 0.138. The number of carbonyl (C=O) groups is 1. The Balaban J connectivity index is 1.52. The number of nitrogens with one attached hydrogen (secondary N) is 1. The number of carboxylic acid groups (broad SMARTS) is 1. The van der Waals surface area contributed by atoms with Crippen LogP contribution in [0.25, 0.3) is 11.1 Å². The van der Waals surface area contributed by atoms with Gasteiger partial charge in [0.1, 0.15) is 29.6 Å². The zero-order valence-electron chi connectivity index (χ0n) is 20.3. The average molecular weight is 518 g/mol. The van der Waals surface area contributed by atoms with Gasteiger partial charge in [0.2, 0.25) is 0 Å². The van der Waals surface area contributed by atoms with Gasteiger partial charge in [-0.1, -0.05) is 78.9 Å². The number of aliphatic carboxylic acids is 1. The van der Waals surface area contributed by atoms with Crippen LogP contribution in [-0.4, -0.2) is 30.5 Å². The second-order valence-corrected chi connectivity index (χ2v) is 10.2. The van der Waals surface area contributed by atoms with Gasteiger partial charge in [0.25, 0.3) is 0 Å². The highest BCUT2D eigenvalue weighted by molar-refractivity contribution is 7.54. The van der Waals surface area contributed by atoms with Crippen molar-refractivity contribution in [3.63, 3.8) is 0 Å². The second kappa shape index (κ2) is 12.3. The quantitative estimate of drug-likeness (QED) is 0.214. The lowest BCUT2D eigenvalue weighted by molar-refractivity contribution is -0.139. The van der Waals surface area contributed by atoms with Crippen LogP contribution in [-0.2, 0) is 15.8 Å². The molecule has 0 fully saturated rings. The van der Waals surface area contributed by atoms with Crippen LogP contribution in [0.3, 0.4) is 0 Å². The van der Waals surface area contributed by atoms with Gasteiger partial charge in [0.05, 0.1) is 7.11 Å². The van der Waals surface area contributed by atoms with Gasteiger partial charge >= 0.3 is 13.6 Å². The summed E-state index contributed by atoms with van der Waals surface area (Å²) < 4.78 is 30.8. The first-order chi connectivity index (χ1) is 18.0. The average Bonchev–Trinajstić information content (AvgIpc) is 2.92. The van der Waals surface area contributed by atoms with Gasteiger partial charge in [-0.3, -0.25) is 10.1 Å². The Morgan fingerprint density at radius 3 is 1.89 bits per heavy atom. The summed E-state index contributed by atoms with van der Waals surface area (Å²) in [6.07, 6.45) is -0.176. The first-order valence-electron chi connectivity index (χ1n) is 11.7. The van der Waals surface area contributed by atoms with Crippen molar-refractivity contribution in [3.8, 4) is 28.4 Å². The van der Waals surface area contributed by atoms with Crippen molar-refractivity contribution in [1.82, 2.24) is 5.32 Å². The molecule has 37 heavy (non-hydrogen) atoms. The molecule has 4 aromatic rings. The van der Waals surface area contributed by atoms with Gasteiger partial charge in [0, 0.05) is 5.56 Å². The van der Waals surface area contributed by atoms with E-state index in [1.165, 1.54) is 0 Å². The maximum atomic E-state index is 13.7. The molecule has 0 saturated heterocycles. The smallest absolute Gasteiger partial charge is 0.444 e. The minimum atomic E-state index is -3.82. The van der Waals surface area contributed by atoms with E-state index in [2.05, 4.69) is 5.32 Å². The third-order valence-electron chi connectivity index (χ3n) is 5.60. The van der Waals surface area contributed by atoms with Gasteiger partial charge < -0.3 is 18.9 Å². The molecule has 0 aliphatic heterocycles. The molecule has 0 aliphatic carbocycles. The minimum absolute atomic E-state index is 0.136. The minimum Gasteiger partial charge on any atom is -0.496 e. The van der Waals surface area contributed by atoms with Crippen molar-refractivity contribution < 1.29 is 28.3 Å². The van der Waals surface area contributed by atoms with Crippen molar-refractivity contribution in [2.45, 2.75) is 12.5 Å². The Kier molecular flexibility index (Phi) is 8.62. The van der Waals surface area contributed by atoms with Crippen LogP contribution in [0.5, 0.6) is 17.2 Å². The monoisotopic (exact) mass is 517 g/mol. The van der Waals surface area contributed by atoms with E-state index in [1.54, 1.807) is 55.6 Å². The highest BCUT2D eigenvalue weighted by Crippen LogP contribution is 2.47. The molecule has 8 heteroatoms. The van der Waals surface area contributed by atoms with Crippen LogP contribution in [0.15, 0.2) is 109 Å². The predicted molar refractivity (Wildman–Crippen MR) is 143 cm³/mol. The van der Waals surface area contributed by atoms with E-state index >= 15 is 0 Å². The third-order valence-corrected chi connectivity index (χ3v) is 7.14. The highest BCUT2D eigenvalue weighted by atomic mass is 31.2. The molecule has 1 atom stereocenters. The lowest BCUT2D eigenvalue weighted by Gasteiger charge is -2.23. The molecule has 2 N–H and O–H groups in total. The normalized spacial score (nSPS) is 11.9. The maximum Gasteiger partial charge on any atom is 0.444 e. The highest BCUT2D eigenvalue weighted by Gasteiger charge is 2.31. The first-order valence-corrected chi connectivity index (χ1v) is 13.5. The zero-order valence-corrected chi connectivity index (χ0v) is 21.2. The molecule has 0 bridgehead atoms. The number of benzene rings is 4. The Hall–Kier alpha value is -4.06. The van der Waals surface area contributed by atoms with Crippen molar-refractivity contribution in [2.75, 3.05) is 13.4 Å². The van der Waals surface area contributed by atoms with Crippen molar-refractivity contribution in [3.05, 3.63) is 115 Å². The summed E-state index contributed by atoms with van der Waals surface area (Å²) in [5.41, 5.74) is 2.65. The molecule has 7 nitrogen and oxygen atoms in total. The predicted octanol–water partition coefficient (Wildman–Crippen LogP) is 6.26. The Labute approximate surface area is 216 Å². The molecule has 190 valence electrons. The van der Waals surface area contributed by atoms with E-state index in [0.717, 1.165) is 16.7 Å². The number of hydrogen-bond acceptors (Lipinski definition) is 6. The van der Waals surface area contributed by atoms with Crippen molar-refractivity contribution >= 4 is 13.6 Å². The van der Waals surface area contributed by atoms with Crippen LogP contribution >= 0.6 is 7.60 Å². The van der Waals surface area contributed by atoms with Gasteiger partial charge in [0.15, 0.2) is 0 Å². The molecule has 0 amide bonds. The summed E-state index contributed by atoms with van der Waals surface area (Å²) in [6, 6.07) is 31.6. The van der Waals surface area contributed by atoms with E-state index in [4.69, 9.17) is 13.8 Å². The van der Waals surface area contributed by atoms with Gasteiger partial charge in [-0.15, -0.1) is 0 Å². The summed E-state index contributed by atoms with van der Waals surface area (Å²) in [6.45, 7) is 0. The lowest BCUT2D eigenvalue weighted by atomic mass is 9.99. The lowest BCUT2D eigenvalue weighted by Crippen LogP contribution is -2.39. The molecule has 0 heterocycles. The molecule has 0 aromatic heterocycles. The van der Waals surface area contributed by atoms with Crippen LogP contribution in [0.2, 0.25) is 0 Å². The summed E-state index contributed by atoms with van der Waals surface area (Å²) in [5.74, 6) is 0.267. The molecule has 4 rings (SSSR count). The number of para-hydroxylation sites is 2. The fourth-order valence-corrected chi connectivity index (χ4v) is 5.29. The largest absolute Gasteiger partial charge is 0.496 e. The second-order valence-electron chi connectivity index (χ2n) is 8.28. The number of methoxy groups -OCH3 is 1. The van der Waals surface area contributed by atoms with E-state index in [1.807, 2.05) is 60.7 Å². The molecule has 0 radical (unpaired) electrons. The summed E-state index contributed by atoms with van der Waals surface area (Å²) in [5, 5.41) is 12.8. The van der Waals surface area contributed by atoms with Crippen molar-refractivity contribution in [1.29, 1.82) is 0 Å². The molecule has 0 spiro atoms. The first kappa shape index (κ1) is 26.0. The molecular formula is C29H28NO6P. The van der Waals surface area contributed by atoms with Crippen LogP contribution in [0, 0.1) is 0 Å². The number of carboxylic acids is 1. The van der Waals surface area contributed by atoms with Crippen molar-refractivity contribution in [2.24, 2.45) is 0 Å². The van der Waals surface area contributed by atoms with E-state index in [0.29, 0.717) is 17.2 Å². The Bertz CT molecular complexity index is 1300. The van der Waals surface area contributed by atoms with Crippen LogP contribution in [0.1, 0.15) is 5.56 Å². The van der Waals surface area contributed by atoms with Gasteiger partial charge in [-0.05, 0) is 47.9 Å². The summed E-state index contributed by atoms with van der Waals surface area (Å²) in [4.78, 5) is 12.1. The fourth-order valence-electron chi connectivity index (χ4n) is 3.79. The maximum absolute atomic E-state index is 13.7. The molecular weight excluding hydrogens is 489 g/mol. The molecule has 0 unspecified atom stereocenters. The molecule has 0 aliphatic rings. The summed E-state index contributed by atoms with van der Waals surface area (Å²) in [7, 11) is -2.24. The third kappa shape index (κ3) is 7.23. The SMILES string of the molecule is COc1cc(C[C@H](NCP(=O)(Oc2ccccc2)Oc2ccccc2)C(=O)O)ccc1-c1ccccc1. The van der Waals surface area contributed by atoms with E-state index in [9.17, 15) is 14.5 Å². The van der Waals surface area contributed by atoms with E-state index in [-0.39, 0.29) is 12.7 Å². The standard InChI is InChI=1S/C29H28NO6P/c1-34-28-20-22(17-18-26(28)23-11-5-2-6-12-23)19-27(29(31)32)30-21-37(33,35-24-13-7-3-8-14-24)36-25-15-9-4-10-16-25/h2-18,20,27,30H,19,21H2,1H3,(H,31,32)/t27-/m0/s1. The number of ether oxygens (including phenoxy) is 1.